The summed E-state index contributed by atoms with van der Waals surface area (Å²) in [5, 5.41) is 0. The van der Waals surface area contributed by atoms with E-state index < -0.39 is 0 Å². The smallest absolute Gasteiger partial charge is 0.230 e. The monoisotopic (exact) mass is 133 g/mol. The predicted molar refractivity (Wildman–Crippen MR) is 36.6 cm³/mol. The zero-order valence-electron chi connectivity index (χ0n) is 5.23. The van der Waals surface area contributed by atoms with Crippen molar-refractivity contribution < 1.29 is 4.79 Å². The van der Waals surface area contributed by atoms with Crippen molar-refractivity contribution in [3.8, 4) is 0 Å². The van der Waals surface area contributed by atoms with Gasteiger partial charge in [-0.15, -0.1) is 0 Å². The Hall–Kier alpha value is -0.180. The van der Waals surface area contributed by atoms with Crippen molar-refractivity contribution in [1.29, 1.82) is 0 Å². The standard InChI is InChI=1S/C3H5NOS.C2H6/c5-3-1-2-6-4-3;1-2/h1-2H2,(H,4,5);1-2H3. The van der Waals surface area contributed by atoms with Gasteiger partial charge in [0.1, 0.15) is 0 Å². The molecule has 0 aromatic heterocycles. The van der Waals surface area contributed by atoms with E-state index >= 15 is 0 Å². The zero-order chi connectivity index (χ0) is 6.41. The second-order valence-corrected chi connectivity index (χ2v) is 2.02. The van der Waals surface area contributed by atoms with Gasteiger partial charge in [-0.2, -0.15) is 0 Å². The molecule has 0 atom stereocenters. The van der Waals surface area contributed by atoms with Gasteiger partial charge in [0.05, 0.1) is 0 Å². The molecule has 0 unspecified atom stereocenters. The summed E-state index contributed by atoms with van der Waals surface area (Å²) in [5.41, 5.74) is 0. The topological polar surface area (TPSA) is 29.1 Å². The fourth-order valence-corrected chi connectivity index (χ4v) is 0.979. The van der Waals surface area contributed by atoms with Crippen LogP contribution in [0.25, 0.3) is 0 Å². The Labute approximate surface area is 54.2 Å². The summed E-state index contributed by atoms with van der Waals surface area (Å²) in [5.74, 6) is 1.11. The summed E-state index contributed by atoms with van der Waals surface area (Å²) in [6.07, 6.45) is 0.699. The van der Waals surface area contributed by atoms with Crippen LogP contribution in [0.1, 0.15) is 20.3 Å². The summed E-state index contributed by atoms with van der Waals surface area (Å²) in [6.45, 7) is 4.00. The van der Waals surface area contributed by atoms with E-state index in [1.165, 1.54) is 11.9 Å². The average molecular weight is 133 g/mol. The Bertz CT molecular complexity index is 66.8. The fraction of sp³-hybridized carbons (Fsp3) is 0.800. The highest BCUT2D eigenvalue weighted by atomic mass is 32.2. The molecule has 1 fully saturated rings. The molecule has 3 heteroatoms. The molecule has 8 heavy (non-hydrogen) atoms. The lowest BCUT2D eigenvalue weighted by Gasteiger charge is -1.78. The lowest BCUT2D eigenvalue weighted by Crippen LogP contribution is -2.04. The van der Waals surface area contributed by atoms with Crippen molar-refractivity contribution in [2.75, 3.05) is 5.75 Å². The maximum Gasteiger partial charge on any atom is 0.230 e. The Morgan fingerprint density at radius 1 is 1.62 bits per heavy atom. The van der Waals surface area contributed by atoms with Crippen molar-refractivity contribution in [3.05, 3.63) is 0 Å². The van der Waals surface area contributed by atoms with Crippen LogP contribution in [0.5, 0.6) is 0 Å². The molecule has 1 heterocycles. The quantitative estimate of drug-likeness (QED) is 0.503. The predicted octanol–water partition coefficient (Wildman–Crippen LogP) is 1.18. The summed E-state index contributed by atoms with van der Waals surface area (Å²) in [7, 11) is 0. The molecule has 0 aliphatic carbocycles. The summed E-state index contributed by atoms with van der Waals surface area (Å²) in [4.78, 5) is 10.1. The molecular weight excluding hydrogens is 122 g/mol. The highest BCUT2D eigenvalue weighted by molar-refractivity contribution is 7.98. The molecule has 1 N–H and O–H groups in total. The number of amides is 1. The lowest BCUT2D eigenvalue weighted by atomic mass is 10.5. The molecule has 0 aromatic carbocycles. The Kier molecular flexibility index (Phi) is 4.85. The van der Waals surface area contributed by atoms with Gasteiger partial charge in [0.2, 0.25) is 5.91 Å². The minimum absolute atomic E-state index is 0.167. The number of rotatable bonds is 0. The van der Waals surface area contributed by atoms with Crippen LogP contribution in [-0.2, 0) is 4.79 Å². The van der Waals surface area contributed by atoms with Crippen LogP contribution in [0.15, 0.2) is 0 Å². The minimum atomic E-state index is 0.167. The Balaban J connectivity index is 0.000000222. The van der Waals surface area contributed by atoms with E-state index in [9.17, 15) is 4.79 Å². The summed E-state index contributed by atoms with van der Waals surface area (Å²) in [6, 6.07) is 0. The van der Waals surface area contributed by atoms with Crippen molar-refractivity contribution in [1.82, 2.24) is 4.72 Å². The first-order valence-electron chi connectivity index (χ1n) is 2.80. The molecule has 0 saturated carbocycles. The molecule has 1 rings (SSSR count). The van der Waals surface area contributed by atoms with Crippen LogP contribution in [-0.4, -0.2) is 11.7 Å². The van der Waals surface area contributed by atoms with Gasteiger partial charge in [-0.1, -0.05) is 13.8 Å². The fourth-order valence-electron chi connectivity index (χ4n) is 0.326. The van der Waals surface area contributed by atoms with Gasteiger partial charge < -0.3 is 4.72 Å². The Morgan fingerprint density at radius 3 is 2.38 bits per heavy atom. The molecule has 1 aliphatic heterocycles. The largest absolute Gasteiger partial charge is 0.300 e. The maximum atomic E-state index is 10.1. The third-order valence-electron chi connectivity index (χ3n) is 0.617. The van der Waals surface area contributed by atoms with Gasteiger partial charge in [0.25, 0.3) is 0 Å². The molecular formula is C5H11NOS. The number of hydrogen-bond donors (Lipinski definition) is 1. The first-order valence-corrected chi connectivity index (χ1v) is 3.79. The zero-order valence-corrected chi connectivity index (χ0v) is 6.05. The molecule has 0 aromatic rings. The van der Waals surface area contributed by atoms with E-state index in [2.05, 4.69) is 4.72 Å². The van der Waals surface area contributed by atoms with Crippen molar-refractivity contribution in [3.63, 3.8) is 0 Å². The summed E-state index contributed by atoms with van der Waals surface area (Å²) >= 11 is 1.48. The number of carbonyl (C=O) groups is 1. The molecule has 2 nitrogen and oxygen atoms in total. The van der Waals surface area contributed by atoms with E-state index in [4.69, 9.17) is 0 Å². The van der Waals surface area contributed by atoms with Crippen LogP contribution in [0.3, 0.4) is 0 Å². The molecule has 48 valence electrons. The van der Waals surface area contributed by atoms with Crippen LogP contribution in [0.4, 0.5) is 0 Å². The van der Waals surface area contributed by atoms with E-state index in [0.29, 0.717) is 6.42 Å². The lowest BCUT2D eigenvalue weighted by molar-refractivity contribution is -0.118. The van der Waals surface area contributed by atoms with E-state index in [1.54, 1.807) is 0 Å². The Morgan fingerprint density at radius 2 is 2.25 bits per heavy atom. The third-order valence-corrected chi connectivity index (χ3v) is 1.40. The van der Waals surface area contributed by atoms with Crippen LogP contribution < -0.4 is 4.72 Å². The molecule has 0 radical (unpaired) electrons. The minimum Gasteiger partial charge on any atom is -0.300 e. The van der Waals surface area contributed by atoms with Crippen molar-refractivity contribution in [2.45, 2.75) is 20.3 Å². The van der Waals surface area contributed by atoms with Crippen molar-refractivity contribution in [2.24, 2.45) is 0 Å². The van der Waals surface area contributed by atoms with Gasteiger partial charge >= 0.3 is 0 Å². The number of nitrogens with one attached hydrogen (secondary N) is 1. The molecule has 1 amide bonds. The van der Waals surface area contributed by atoms with Gasteiger partial charge in [-0.05, 0) is 11.9 Å². The second kappa shape index (κ2) is 4.97. The SMILES string of the molecule is CC.O=C1CCSN1. The normalized spacial score (nSPS) is 16.5. The summed E-state index contributed by atoms with van der Waals surface area (Å²) < 4.78 is 2.60. The van der Waals surface area contributed by atoms with Crippen LogP contribution >= 0.6 is 11.9 Å². The van der Waals surface area contributed by atoms with E-state index in [-0.39, 0.29) is 5.91 Å². The second-order valence-electron chi connectivity index (χ2n) is 1.12. The number of hydrogen-bond acceptors (Lipinski definition) is 2. The first-order chi connectivity index (χ1) is 3.89. The van der Waals surface area contributed by atoms with E-state index in [1.807, 2.05) is 13.8 Å². The van der Waals surface area contributed by atoms with E-state index in [0.717, 1.165) is 5.75 Å². The van der Waals surface area contributed by atoms with Crippen LogP contribution in [0, 0.1) is 0 Å². The molecule has 1 saturated heterocycles. The van der Waals surface area contributed by atoms with Crippen molar-refractivity contribution >= 4 is 17.9 Å². The average Bonchev–Trinajstić information content (AvgIpc) is 2.24. The molecule has 0 bridgehead atoms. The first kappa shape index (κ1) is 7.82. The highest BCUT2D eigenvalue weighted by Crippen LogP contribution is 2.04. The highest BCUT2D eigenvalue weighted by Gasteiger charge is 2.06. The van der Waals surface area contributed by atoms with Crippen LogP contribution in [0.2, 0.25) is 0 Å². The molecule has 0 spiro atoms. The van der Waals surface area contributed by atoms with Gasteiger partial charge in [-0.25, -0.2) is 0 Å². The van der Waals surface area contributed by atoms with Gasteiger partial charge in [0.15, 0.2) is 0 Å². The number of carbonyl (C=O) groups excluding carboxylic acids is 1. The molecule has 1 aliphatic rings. The van der Waals surface area contributed by atoms with Gasteiger partial charge in [-0.3, -0.25) is 4.79 Å². The maximum absolute atomic E-state index is 10.1. The third kappa shape index (κ3) is 2.91. The van der Waals surface area contributed by atoms with Gasteiger partial charge in [0, 0.05) is 12.2 Å².